The molecule has 0 aliphatic heterocycles. The van der Waals surface area contributed by atoms with Crippen LogP contribution in [-0.4, -0.2) is 37.4 Å². The SMILES string of the molecule is CCn1nccc1CN(C)C(=O)C(C)n1cc(Cl)cn1. The van der Waals surface area contributed by atoms with Crippen LogP contribution in [0.4, 0.5) is 0 Å². The Labute approximate surface area is 122 Å². The third-order valence-corrected chi connectivity index (χ3v) is 3.40. The summed E-state index contributed by atoms with van der Waals surface area (Å²) in [6.45, 7) is 5.13. The van der Waals surface area contributed by atoms with Crippen molar-refractivity contribution in [2.24, 2.45) is 0 Å². The summed E-state index contributed by atoms with van der Waals surface area (Å²) in [5, 5.41) is 8.79. The summed E-state index contributed by atoms with van der Waals surface area (Å²) in [5.74, 6) is -0.0198. The van der Waals surface area contributed by atoms with Gasteiger partial charge < -0.3 is 4.90 Å². The lowest BCUT2D eigenvalue weighted by Gasteiger charge is -2.21. The standard InChI is InChI=1S/C13H18ClN5O/c1-4-18-12(5-6-15-18)9-17(3)13(20)10(2)19-8-11(14)7-16-19/h5-8,10H,4,9H2,1-3H3. The van der Waals surface area contributed by atoms with Gasteiger partial charge in [0.1, 0.15) is 6.04 Å². The molecule has 1 atom stereocenters. The first-order valence-corrected chi connectivity index (χ1v) is 6.86. The second-order valence-corrected chi connectivity index (χ2v) is 5.08. The number of aromatic nitrogens is 4. The zero-order chi connectivity index (χ0) is 14.7. The molecule has 0 aromatic carbocycles. The average molecular weight is 296 g/mol. The molecule has 2 heterocycles. The summed E-state index contributed by atoms with van der Waals surface area (Å²) in [7, 11) is 1.77. The molecule has 20 heavy (non-hydrogen) atoms. The van der Waals surface area contributed by atoms with E-state index in [0.29, 0.717) is 11.6 Å². The maximum atomic E-state index is 12.4. The smallest absolute Gasteiger partial charge is 0.247 e. The van der Waals surface area contributed by atoms with E-state index in [9.17, 15) is 4.79 Å². The van der Waals surface area contributed by atoms with E-state index in [-0.39, 0.29) is 11.9 Å². The van der Waals surface area contributed by atoms with Gasteiger partial charge in [0.15, 0.2) is 0 Å². The Hall–Kier alpha value is -1.82. The summed E-state index contributed by atoms with van der Waals surface area (Å²) in [5.41, 5.74) is 1.01. The van der Waals surface area contributed by atoms with Crippen LogP contribution in [0.2, 0.25) is 5.02 Å². The molecule has 2 aromatic rings. The van der Waals surface area contributed by atoms with Crippen molar-refractivity contribution in [1.29, 1.82) is 0 Å². The van der Waals surface area contributed by atoms with Gasteiger partial charge in [0, 0.05) is 26.0 Å². The molecule has 2 rings (SSSR count). The van der Waals surface area contributed by atoms with E-state index in [1.165, 1.54) is 6.20 Å². The fourth-order valence-electron chi connectivity index (χ4n) is 2.06. The van der Waals surface area contributed by atoms with Gasteiger partial charge in [0.2, 0.25) is 5.91 Å². The van der Waals surface area contributed by atoms with Crippen LogP contribution in [0.1, 0.15) is 25.6 Å². The Morgan fingerprint density at radius 2 is 2.25 bits per heavy atom. The average Bonchev–Trinajstić information content (AvgIpc) is 3.05. The van der Waals surface area contributed by atoms with Crippen molar-refractivity contribution >= 4 is 17.5 Å². The first-order valence-electron chi connectivity index (χ1n) is 6.48. The van der Waals surface area contributed by atoms with E-state index in [0.717, 1.165) is 12.2 Å². The number of rotatable bonds is 5. The van der Waals surface area contributed by atoms with Crippen molar-refractivity contribution < 1.29 is 4.79 Å². The highest BCUT2D eigenvalue weighted by Gasteiger charge is 2.20. The summed E-state index contributed by atoms with van der Waals surface area (Å²) in [6.07, 6.45) is 4.92. The summed E-state index contributed by atoms with van der Waals surface area (Å²) in [6, 6.07) is 1.54. The lowest BCUT2D eigenvalue weighted by molar-refractivity contribution is -0.133. The van der Waals surface area contributed by atoms with Gasteiger partial charge in [-0.1, -0.05) is 11.6 Å². The van der Waals surface area contributed by atoms with E-state index < -0.39 is 0 Å². The zero-order valence-electron chi connectivity index (χ0n) is 11.8. The van der Waals surface area contributed by atoms with Crippen LogP contribution in [-0.2, 0) is 17.9 Å². The van der Waals surface area contributed by atoms with E-state index in [1.807, 2.05) is 17.7 Å². The lowest BCUT2D eigenvalue weighted by atomic mass is 10.3. The predicted molar refractivity (Wildman–Crippen MR) is 76.3 cm³/mol. The molecule has 1 unspecified atom stereocenters. The van der Waals surface area contributed by atoms with E-state index in [2.05, 4.69) is 10.2 Å². The molecule has 6 nitrogen and oxygen atoms in total. The molecule has 0 N–H and O–H groups in total. The van der Waals surface area contributed by atoms with Gasteiger partial charge in [-0.25, -0.2) is 0 Å². The summed E-state index contributed by atoms with van der Waals surface area (Å²) < 4.78 is 3.44. The van der Waals surface area contributed by atoms with E-state index >= 15 is 0 Å². The van der Waals surface area contributed by atoms with Gasteiger partial charge in [-0.3, -0.25) is 14.2 Å². The second kappa shape index (κ2) is 6.09. The van der Waals surface area contributed by atoms with Crippen molar-refractivity contribution in [2.45, 2.75) is 33.0 Å². The highest BCUT2D eigenvalue weighted by molar-refractivity contribution is 6.30. The van der Waals surface area contributed by atoms with Crippen molar-refractivity contribution in [3.05, 3.63) is 35.4 Å². The van der Waals surface area contributed by atoms with Gasteiger partial charge in [0.25, 0.3) is 0 Å². The number of carbonyl (C=O) groups excluding carboxylic acids is 1. The Kier molecular flexibility index (Phi) is 4.44. The maximum Gasteiger partial charge on any atom is 0.247 e. The van der Waals surface area contributed by atoms with E-state index in [4.69, 9.17) is 11.6 Å². The number of halogens is 1. The second-order valence-electron chi connectivity index (χ2n) is 4.65. The molecular weight excluding hydrogens is 278 g/mol. The van der Waals surface area contributed by atoms with Crippen molar-refractivity contribution in [1.82, 2.24) is 24.5 Å². The number of hydrogen-bond donors (Lipinski definition) is 0. The van der Waals surface area contributed by atoms with Gasteiger partial charge in [-0.05, 0) is 19.9 Å². The number of amides is 1. The molecule has 0 saturated heterocycles. The van der Waals surface area contributed by atoms with E-state index in [1.54, 1.807) is 35.9 Å². The van der Waals surface area contributed by atoms with Crippen LogP contribution >= 0.6 is 11.6 Å². The Morgan fingerprint density at radius 1 is 1.50 bits per heavy atom. The van der Waals surface area contributed by atoms with Crippen molar-refractivity contribution in [2.75, 3.05) is 7.05 Å². The first kappa shape index (κ1) is 14.6. The number of hydrogen-bond acceptors (Lipinski definition) is 3. The quantitative estimate of drug-likeness (QED) is 0.847. The van der Waals surface area contributed by atoms with Crippen LogP contribution in [0, 0.1) is 0 Å². The molecule has 2 aromatic heterocycles. The predicted octanol–water partition coefficient (Wildman–Crippen LogP) is 1.97. The molecule has 0 bridgehead atoms. The topological polar surface area (TPSA) is 56.0 Å². The van der Waals surface area contributed by atoms with Crippen LogP contribution in [0.15, 0.2) is 24.7 Å². The fraction of sp³-hybridized carbons (Fsp3) is 0.462. The monoisotopic (exact) mass is 295 g/mol. The molecule has 1 amide bonds. The molecule has 0 spiro atoms. The van der Waals surface area contributed by atoms with Gasteiger partial charge in [-0.15, -0.1) is 0 Å². The number of likely N-dealkylation sites (N-methyl/N-ethyl adjacent to an activating group) is 1. The van der Waals surface area contributed by atoms with Gasteiger partial charge in [-0.2, -0.15) is 10.2 Å². The summed E-state index contributed by atoms with van der Waals surface area (Å²) in [4.78, 5) is 14.0. The number of nitrogens with zero attached hydrogens (tertiary/aromatic N) is 5. The third-order valence-electron chi connectivity index (χ3n) is 3.20. The molecule has 0 saturated carbocycles. The first-order chi connectivity index (χ1) is 9.52. The highest BCUT2D eigenvalue weighted by atomic mass is 35.5. The van der Waals surface area contributed by atoms with Crippen molar-refractivity contribution in [3.63, 3.8) is 0 Å². The molecular formula is C13H18ClN5O. The molecule has 0 radical (unpaired) electrons. The molecule has 7 heteroatoms. The van der Waals surface area contributed by atoms with Crippen LogP contribution < -0.4 is 0 Å². The van der Waals surface area contributed by atoms with Crippen molar-refractivity contribution in [3.8, 4) is 0 Å². The minimum atomic E-state index is -0.384. The number of aryl methyl sites for hydroxylation is 1. The maximum absolute atomic E-state index is 12.4. The Balaban J connectivity index is 2.05. The number of carbonyl (C=O) groups is 1. The minimum absolute atomic E-state index is 0.0198. The zero-order valence-corrected chi connectivity index (χ0v) is 12.6. The van der Waals surface area contributed by atoms with Crippen LogP contribution in [0.25, 0.3) is 0 Å². The van der Waals surface area contributed by atoms with Crippen LogP contribution in [0.3, 0.4) is 0 Å². The largest absolute Gasteiger partial charge is 0.338 e. The lowest BCUT2D eigenvalue weighted by Crippen LogP contribution is -2.33. The normalized spacial score (nSPS) is 12.4. The molecule has 108 valence electrons. The Bertz CT molecular complexity index is 591. The molecule has 0 aliphatic carbocycles. The minimum Gasteiger partial charge on any atom is -0.338 e. The van der Waals surface area contributed by atoms with Gasteiger partial charge >= 0.3 is 0 Å². The Morgan fingerprint density at radius 3 is 2.85 bits per heavy atom. The van der Waals surface area contributed by atoms with Gasteiger partial charge in [0.05, 0.1) is 23.5 Å². The van der Waals surface area contributed by atoms with Crippen LogP contribution in [0.5, 0.6) is 0 Å². The summed E-state index contributed by atoms with van der Waals surface area (Å²) >= 11 is 5.82. The molecule has 0 fully saturated rings. The fourth-order valence-corrected chi connectivity index (χ4v) is 2.20. The molecule has 0 aliphatic rings. The highest BCUT2D eigenvalue weighted by Crippen LogP contribution is 2.14. The third kappa shape index (κ3) is 3.01.